The number of nitrogens with zero attached hydrogens (tertiary/aromatic N) is 1. The van der Waals surface area contributed by atoms with Crippen molar-refractivity contribution >= 4 is 23.0 Å². The minimum absolute atomic E-state index is 0.164. The summed E-state index contributed by atoms with van der Waals surface area (Å²) in [6.07, 6.45) is 1.21. The van der Waals surface area contributed by atoms with E-state index in [2.05, 4.69) is 10.2 Å². The van der Waals surface area contributed by atoms with Crippen molar-refractivity contribution < 1.29 is 9.13 Å². The fraction of sp³-hybridized carbons (Fsp3) is 0.500. The summed E-state index contributed by atoms with van der Waals surface area (Å²) in [5.41, 5.74) is 1.80. The minimum Gasteiger partial charge on any atom is -0.381 e. The van der Waals surface area contributed by atoms with E-state index in [0.29, 0.717) is 6.04 Å². The normalized spacial score (nSPS) is 26.4. The highest BCUT2D eigenvalue weighted by atomic mass is 35.5. The van der Waals surface area contributed by atoms with Crippen LogP contribution >= 0.6 is 11.6 Å². The predicted molar refractivity (Wildman–Crippen MR) is 66.4 cm³/mol. The lowest BCUT2D eigenvalue weighted by Crippen LogP contribution is -2.39. The van der Waals surface area contributed by atoms with Gasteiger partial charge in [0.05, 0.1) is 22.5 Å². The van der Waals surface area contributed by atoms with E-state index in [0.717, 1.165) is 30.9 Å². The third-order valence-electron chi connectivity index (χ3n) is 3.59. The first-order chi connectivity index (χ1) is 8.19. The van der Waals surface area contributed by atoms with Crippen molar-refractivity contribution in [1.29, 1.82) is 0 Å². The van der Waals surface area contributed by atoms with E-state index in [4.69, 9.17) is 16.3 Å². The number of methoxy groups -OCH3 is 1. The van der Waals surface area contributed by atoms with Gasteiger partial charge in [-0.1, -0.05) is 11.6 Å². The van der Waals surface area contributed by atoms with Crippen molar-refractivity contribution in [2.45, 2.75) is 18.6 Å². The van der Waals surface area contributed by atoms with Gasteiger partial charge in [-0.3, -0.25) is 0 Å². The monoisotopic (exact) mass is 256 g/mol. The van der Waals surface area contributed by atoms with Gasteiger partial charge < -0.3 is 15.0 Å². The molecule has 0 saturated carbocycles. The maximum atomic E-state index is 13.5. The Morgan fingerprint density at radius 2 is 2.35 bits per heavy atom. The van der Waals surface area contributed by atoms with Gasteiger partial charge in [-0.25, -0.2) is 4.39 Å². The van der Waals surface area contributed by atoms with Crippen LogP contribution in [0.4, 0.5) is 15.8 Å². The van der Waals surface area contributed by atoms with Crippen molar-refractivity contribution in [3.8, 4) is 0 Å². The maximum absolute atomic E-state index is 13.5. The zero-order chi connectivity index (χ0) is 12.0. The molecule has 5 heteroatoms. The van der Waals surface area contributed by atoms with Gasteiger partial charge in [0.1, 0.15) is 5.82 Å². The quantitative estimate of drug-likeness (QED) is 0.836. The molecule has 0 bridgehead atoms. The second kappa shape index (κ2) is 4.03. The summed E-state index contributed by atoms with van der Waals surface area (Å²) in [5.74, 6) is -0.367. The molecule has 1 aromatic rings. The second-order valence-electron chi connectivity index (χ2n) is 4.56. The zero-order valence-corrected chi connectivity index (χ0v) is 10.3. The summed E-state index contributed by atoms with van der Waals surface area (Å²) in [4.78, 5) is 2.21. The fourth-order valence-corrected chi connectivity index (χ4v) is 2.84. The van der Waals surface area contributed by atoms with E-state index in [9.17, 15) is 4.39 Å². The van der Waals surface area contributed by atoms with Crippen LogP contribution in [0.25, 0.3) is 0 Å². The van der Waals surface area contributed by atoms with E-state index < -0.39 is 0 Å². The van der Waals surface area contributed by atoms with E-state index in [-0.39, 0.29) is 16.9 Å². The Balaban J connectivity index is 1.98. The molecule has 0 spiro atoms. The Labute approximate surface area is 105 Å². The van der Waals surface area contributed by atoms with E-state index in [1.807, 2.05) is 0 Å². The number of ether oxygens (including phenoxy) is 1. The average Bonchev–Trinajstić information content (AvgIpc) is 2.74. The van der Waals surface area contributed by atoms with Crippen LogP contribution in [0.15, 0.2) is 12.1 Å². The molecule has 1 N–H and O–H groups in total. The molecular weight excluding hydrogens is 243 g/mol. The number of anilines is 2. The summed E-state index contributed by atoms with van der Waals surface area (Å²) in [6.45, 7) is 1.67. The lowest BCUT2D eigenvalue weighted by Gasteiger charge is -2.34. The van der Waals surface area contributed by atoms with Crippen LogP contribution in [0.3, 0.4) is 0 Å². The first-order valence-electron chi connectivity index (χ1n) is 5.71. The summed E-state index contributed by atoms with van der Waals surface area (Å²) in [6, 6.07) is 3.55. The van der Waals surface area contributed by atoms with Gasteiger partial charge in [0, 0.05) is 32.3 Å². The van der Waals surface area contributed by atoms with Crippen molar-refractivity contribution in [3.63, 3.8) is 0 Å². The molecular formula is C12H14ClFN2O. The highest BCUT2D eigenvalue weighted by molar-refractivity contribution is 6.31. The molecule has 1 saturated heterocycles. The van der Waals surface area contributed by atoms with Crippen LogP contribution in [-0.4, -0.2) is 32.3 Å². The highest BCUT2D eigenvalue weighted by Gasteiger charge is 2.36. The molecule has 92 valence electrons. The van der Waals surface area contributed by atoms with Gasteiger partial charge in [0.15, 0.2) is 0 Å². The molecule has 17 heavy (non-hydrogen) atoms. The molecule has 0 amide bonds. The van der Waals surface area contributed by atoms with Crippen LogP contribution in [0.5, 0.6) is 0 Å². The van der Waals surface area contributed by atoms with Gasteiger partial charge in [-0.15, -0.1) is 0 Å². The maximum Gasteiger partial charge on any atom is 0.144 e. The summed E-state index contributed by atoms with van der Waals surface area (Å²) >= 11 is 5.79. The van der Waals surface area contributed by atoms with Crippen LogP contribution in [0.2, 0.25) is 5.02 Å². The van der Waals surface area contributed by atoms with E-state index in [1.165, 1.54) is 6.07 Å². The zero-order valence-electron chi connectivity index (χ0n) is 9.54. The largest absolute Gasteiger partial charge is 0.381 e. The second-order valence-corrected chi connectivity index (χ2v) is 4.97. The molecule has 3 nitrogen and oxygen atoms in total. The smallest absolute Gasteiger partial charge is 0.144 e. The lowest BCUT2D eigenvalue weighted by atomic mass is 10.1. The van der Waals surface area contributed by atoms with Crippen molar-refractivity contribution in [1.82, 2.24) is 0 Å². The molecule has 3 rings (SSSR count). The topological polar surface area (TPSA) is 24.5 Å². The first-order valence-corrected chi connectivity index (χ1v) is 6.09. The Morgan fingerprint density at radius 3 is 3.12 bits per heavy atom. The van der Waals surface area contributed by atoms with Crippen LogP contribution in [0.1, 0.15) is 6.42 Å². The number of hydrogen-bond donors (Lipinski definition) is 1. The number of fused-ring (bicyclic) bond motifs is 3. The molecule has 2 heterocycles. The van der Waals surface area contributed by atoms with Crippen molar-refractivity contribution in [3.05, 3.63) is 23.0 Å². The average molecular weight is 257 g/mol. The molecule has 2 aliphatic rings. The summed E-state index contributed by atoms with van der Waals surface area (Å²) < 4.78 is 18.9. The minimum atomic E-state index is -0.367. The predicted octanol–water partition coefficient (Wildman–Crippen LogP) is 2.50. The third kappa shape index (κ3) is 1.76. The Bertz CT molecular complexity index is 454. The van der Waals surface area contributed by atoms with Crippen LogP contribution in [0, 0.1) is 5.82 Å². The molecule has 1 aromatic carbocycles. The highest BCUT2D eigenvalue weighted by Crippen LogP contribution is 2.39. The third-order valence-corrected chi connectivity index (χ3v) is 3.88. The van der Waals surface area contributed by atoms with Gasteiger partial charge >= 0.3 is 0 Å². The van der Waals surface area contributed by atoms with Crippen molar-refractivity contribution in [2.24, 2.45) is 0 Å². The van der Waals surface area contributed by atoms with Crippen LogP contribution < -0.4 is 10.2 Å². The lowest BCUT2D eigenvalue weighted by molar-refractivity contribution is 0.118. The molecule has 2 aliphatic heterocycles. The number of hydrogen-bond acceptors (Lipinski definition) is 3. The first kappa shape index (κ1) is 11.1. The number of nitrogens with one attached hydrogen (secondary N) is 1. The molecule has 0 aromatic heterocycles. The standard InChI is InChI=1S/C12H14ClFN2O/c1-17-8-2-7-5-15-11-3-9(13)10(14)4-12(11)16(7)6-8/h3-4,7-8,15H,2,5-6H2,1H3. The number of benzene rings is 1. The SMILES string of the molecule is COC1CC2CNc3cc(Cl)c(F)cc3N2C1. The molecule has 0 radical (unpaired) electrons. The van der Waals surface area contributed by atoms with Gasteiger partial charge in [-0.2, -0.15) is 0 Å². The van der Waals surface area contributed by atoms with Crippen molar-refractivity contribution in [2.75, 3.05) is 30.4 Å². The fourth-order valence-electron chi connectivity index (χ4n) is 2.68. The van der Waals surface area contributed by atoms with Gasteiger partial charge in [0.25, 0.3) is 0 Å². The molecule has 0 aliphatic carbocycles. The van der Waals surface area contributed by atoms with Gasteiger partial charge in [-0.05, 0) is 12.5 Å². The number of halogens is 2. The molecule has 2 unspecified atom stereocenters. The Kier molecular flexibility index (Phi) is 2.64. The number of rotatable bonds is 1. The van der Waals surface area contributed by atoms with Gasteiger partial charge in [0.2, 0.25) is 0 Å². The molecule has 1 fully saturated rings. The van der Waals surface area contributed by atoms with E-state index >= 15 is 0 Å². The Morgan fingerprint density at radius 1 is 1.53 bits per heavy atom. The molecule has 2 atom stereocenters. The summed E-state index contributed by atoms with van der Waals surface area (Å²) in [5, 5.41) is 3.46. The van der Waals surface area contributed by atoms with Crippen LogP contribution in [-0.2, 0) is 4.74 Å². The summed E-state index contributed by atoms with van der Waals surface area (Å²) in [7, 11) is 1.72. The van der Waals surface area contributed by atoms with E-state index in [1.54, 1.807) is 13.2 Å². The Hall–Kier alpha value is -1.00.